The average molecular weight is 523 g/mol. The first-order chi connectivity index (χ1) is 18.8. The van der Waals surface area contributed by atoms with Gasteiger partial charge in [0.2, 0.25) is 0 Å². The molecule has 2 aliphatic rings. The van der Waals surface area contributed by atoms with Crippen LogP contribution in [0.2, 0.25) is 0 Å². The van der Waals surface area contributed by atoms with Crippen molar-refractivity contribution in [2.75, 3.05) is 0 Å². The molecule has 3 atom stereocenters. The van der Waals surface area contributed by atoms with Crippen LogP contribution in [0.1, 0.15) is 87.4 Å². The van der Waals surface area contributed by atoms with Gasteiger partial charge in [0.15, 0.2) is 0 Å². The number of benzene rings is 3. The van der Waals surface area contributed by atoms with Gasteiger partial charge in [0.25, 0.3) is 5.91 Å². The smallest absolute Gasteiger partial charge is 0.304 e. The molecule has 1 aromatic heterocycles. The summed E-state index contributed by atoms with van der Waals surface area (Å²) in [4.78, 5) is 28.0. The van der Waals surface area contributed by atoms with Crippen molar-refractivity contribution in [3.05, 3.63) is 93.0 Å². The van der Waals surface area contributed by atoms with Crippen molar-refractivity contribution in [1.29, 1.82) is 0 Å². The highest BCUT2D eigenvalue weighted by Gasteiger charge is 2.43. The van der Waals surface area contributed by atoms with E-state index >= 15 is 0 Å². The number of hydrogen-bond acceptors (Lipinski definition) is 4. The summed E-state index contributed by atoms with van der Waals surface area (Å²) in [6.45, 7) is 8.77. The number of carboxylic acids is 1. The third-order valence-corrected chi connectivity index (χ3v) is 8.78. The number of aryl methyl sites for hydroxylation is 4. The summed E-state index contributed by atoms with van der Waals surface area (Å²) in [6, 6.07) is 16.7. The lowest BCUT2D eigenvalue weighted by atomic mass is 9.82. The number of carboxylic acid groups (broad SMARTS) is 1. The highest BCUT2D eigenvalue weighted by atomic mass is 16.4. The van der Waals surface area contributed by atoms with E-state index in [1.54, 1.807) is 0 Å². The summed E-state index contributed by atoms with van der Waals surface area (Å²) in [5, 5.41) is 18.6. The van der Waals surface area contributed by atoms with Crippen LogP contribution in [-0.4, -0.2) is 42.9 Å². The molecule has 7 nitrogen and oxygen atoms in total. The number of aliphatic carboxylic acids is 1. The molecule has 7 heteroatoms. The Morgan fingerprint density at radius 1 is 1.05 bits per heavy atom. The molecule has 39 heavy (non-hydrogen) atoms. The molecule has 4 aromatic rings. The fraction of sp³-hybridized carbons (Fsp3) is 0.375. The van der Waals surface area contributed by atoms with Crippen LogP contribution >= 0.6 is 0 Å². The maximum absolute atomic E-state index is 13.9. The normalized spacial score (nSPS) is 18.8. The Morgan fingerprint density at radius 2 is 1.87 bits per heavy atom. The highest BCUT2D eigenvalue weighted by Crippen LogP contribution is 2.46. The van der Waals surface area contributed by atoms with E-state index < -0.39 is 5.97 Å². The molecule has 0 spiro atoms. The molecule has 1 fully saturated rings. The van der Waals surface area contributed by atoms with Crippen molar-refractivity contribution in [2.24, 2.45) is 0 Å². The molecule has 1 N–H and O–H groups in total. The molecule has 0 saturated carbocycles. The molecule has 1 unspecified atom stereocenters. The molecule has 3 aromatic carbocycles. The van der Waals surface area contributed by atoms with Crippen molar-refractivity contribution >= 4 is 22.9 Å². The number of hydrogen-bond donors (Lipinski definition) is 1. The first kappa shape index (κ1) is 25.3. The fourth-order valence-electron chi connectivity index (χ4n) is 6.76. The van der Waals surface area contributed by atoms with Crippen LogP contribution in [0.15, 0.2) is 48.5 Å². The van der Waals surface area contributed by atoms with Gasteiger partial charge in [-0.1, -0.05) is 47.2 Å². The zero-order valence-electron chi connectivity index (χ0n) is 22.9. The largest absolute Gasteiger partial charge is 0.481 e. The summed E-state index contributed by atoms with van der Waals surface area (Å²) in [5.41, 5.74) is 9.93. The number of fused-ring (bicyclic) bond motifs is 5. The van der Waals surface area contributed by atoms with Crippen LogP contribution in [0.3, 0.4) is 0 Å². The van der Waals surface area contributed by atoms with Crippen molar-refractivity contribution in [3.8, 4) is 0 Å². The highest BCUT2D eigenvalue weighted by molar-refractivity contribution is 5.96. The van der Waals surface area contributed by atoms with E-state index in [1.165, 1.54) is 5.56 Å². The number of aromatic nitrogens is 3. The minimum absolute atomic E-state index is 0.00428. The second kappa shape index (κ2) is 9.63. The molecule has 2 bridgehead atoms. The lowest BCUT2D eigenvalue weighted by Crippen LogP contribution is -2.42. The molecular weight excluding hydrogens is 488 g/mol. The fourth-order valence-corrected chi connectivity index (χ4v) is 6.76. The second-order valence-corrected chi connectivity index (χ2v) is 11.1. The molecule has 2 aliphatic heterocycles. The maximum Gasteiger partial charge on any atom is 0.304 e. The standard InChI is InChI=1S/C32H34N4O3/c1-5-35-29-13-11-24(20(4)31(29)33-34-35)26(17-30(37)38)22-9-8-21-15-23-10-12-28(27(21)16-22)36(23)32(39)25-14-18(2)6-7-19(25)3/h6-9,11,13-14,16,23,26,28H,5,10,12,15,17H2,1-4H3,(H,37,38)/t23-,26?,28+/m0/s1. The van der Waals surface area contributed by atoms with Gasteiger partial charge >= 0.3 is 5.97 Å². The quantitative estimate of drug-likeness (QED) is 0.341. The molecule has 3 heterocycles. The zero-order chi connectivity index (χ0) is 27.4. The van der Waals surface area contributed by atoms with Gasteiger partial charge in [0.05, 0.1) is 18.0 Å². The topological polar surface area (TPSA) is 88.3 Å². The summed E-state index contributed by atoms with van der Waals surface area (Å²) >= 11 is 0. The Kier molecular flexibility index (Phi) is 6.25. The number of amides is 1. The Bertz CT molecular complexity index is 1620. The van der Waals surface area contributed by atoms with Crippen LogP contribution in [0, 0.1) is 20.8 Å². The number of rotatable bonds is 6. The molecule has 1 amide bonds. The van der Waals surface area contributed by atoms with E-state index in [-0.39, 0.29) is 30.3 Å². The third-order valence-electron chi connectivity index (χ3n) is 8.78. The van der Waals surface area contributed by atoms with E-state index in [9.17, 15) is 14.7 Å². The molecule has 6 rings (SSSR count). The minimum atomic E-state index is -0.845. The van der Waals surface area contributed by atoms with Crippen LogP contribution < -0.4 is 0 Å². The first-order valence-corrected chi connectivity index (χ1v) is 13.8. The first-order valence-electron chi connectivity index (χ1n) is 13.8. The predicted octanol–water partition coefficient (Wildman–Crippen LogP) is 5.89. The van der Waals surface area contributed by atoms with Gasteiger partial charge in [-0.25, -0.2) is 4.68 Å². The van der Waals surface area contributed by atoms with E-state index in [1.807, 2.05) is 62.7 Å². The summed E-state index contributed by atoms with van der Waals surface area (Å²) in [5.74, 6) is -1.07. The van der Waals surface area contributed by atoms with Crippen LogP contribution in [-0.2, 0) is 17.8 Å². The van der Waals surface area contributed by atoms with E-state index in [4.69, 9.17) is 0 Å². The van der Waals surface area contributed by atoms with Gasteiger partial charge in [-0.3, -0.25) is 9.59 Å². The Balaban J connectivity index is 1.41. The Hall–Kier alpha value is -4.00. The third kappa shape index (κ3) is 4.20. The van der Waals surface area contributed by atoms with Gasteiger partial charge in [-0.2, -0.15) is 0 Å². The van der Waals surface area contributed by atoms with Crippen LogP contribution in [0.5, 0.6) is 0 Å². The maximum atomic E-state index is 13.9. The van der Waals surface area contributed by atoms with E-state index in [2.05, 4.69) is 33.4 Å². The van der Waals surface area contributed by atoms with Gasteiger partial charge in [0.1, 0.15) is 5.52 Å². The summed E-state index contributed by atoms with van der Waals surface area (Å²) in [6.07, 6.45) is 2.71. The molecule has 200 valence electrons. The molecular formula is C32H34N4O3. The number of nitrogens with zero attached hydrogens (tertiary/aromatic N) is 4. The van der Waals surface area contributed by atoms with E-state index in [0.29, 0.717) is 0 Å². The van der Waals surface area contributed by atoms with Crippen LogP contribution in [0.25, 0.3) is 11.0 Å². The summed E-state index contributed by atoms with van der Waals surface area (Å²) in [7, 11) is 0. The zero-order valence-corrected chi connectivity index (χ0v) is 22.9. The Labute approximate surface area is 228 Å². The van der Waals surface area contributed by atoms with Crippen LogP contribution in [0.4, 0.5) is 0 Å². The SMILES string of the molecule is CCn1nnc2c(C)c(C(CC(=O)O)c3ccc4c(c3)[C@H]3CC[C@@H](C4)N3C(=O)c3cc(C)ccc3C)ccc21. The van der Waals surface area contributed by atoms with E-state index in [0.717, 1.165) is 75.8 Å². The van der Waals surface area contributed by atoms with Crippen molar-refractivity contribution < 1.29 is 14.7 Å². The molecule has 0 aliphatic carbocycles. The van der Waals surface area contributed by atoms with Gasteiger partial charge in [0, 0.05) is 24.1 Å². The summed E-state index contributed by atoms with van der Waals surface area (Å²) < 4.78 is 1.86. The monoisotopic (exact) mass is 522 g/mol. The number of carbonyl (C=O) groups excluding carboxylic acids is 1. The number of carbonyl (C=O) groups is 2. The lowest BCUT2D eigenvalue weighted by Gasteiger charge is -2.37. The van der Waals surface area contributed by atoms with Crippen molar-refractivity contribution in [2.45, 2.75) is 77.9 Å². The van der Waals surface area contributed by atoms with Gasteiger partial charge < -0.3 is 10.0 Å². The van der Waals surface area contributed by atoms with Gasteiger partial charge in [-0.15, -0.1) is 5.10 Å². The average Bonchev–Trinajstić information content (AvgIpc) is 3.49. The minimum Gasteiger partial charge on any atom is -0.481 e. The Morgan fingerprint density at radius 3 is 2.64 bits per heavy atom. The molecule has 1 saturated heterocycles. The van der Waals surface area contributed by atoms with Crippen molar-refractivity contribution in [1.82, 2.24) is 19.9 Å². The van der Waals surface area contributed by atoms with Crippen molar-refractivity contribution in [3.63, 3.8) is 0 Å². The predicted molar refractivity (Wildman–Crippen MR) is 150 cm³/mol. The second-order valence-electron chi connectivity index (χ2n) is 11.1. The molecule has 0 radical (unpaired) electrons. The lowest BCUT2D eigenvalue weighted by molar-refractivity contribution is -0.137. The van der Waals surface area contributed by atoms with Gasteiger partial charge in [-0.05, 0) is 92.5 Å².